The van der Waals surface area contributed by atoms with Crippen molar-refractivity contribution in [1.82, 2.24) is 4.98 Å². The highest BCUT2D eigenvalue weighted by atomic mass is 16.3. The van der Waals surface area contributed by atoms with E-state index in [0.29, 0.717) is 0 Å². The fourth-order valence-corrected chi connectivity index (χ4v) is 2.23. The molecule has 1 N–H and O–H groups in total. The van der Waals surface area contributed by atoms with Gasteiger partial charge < -0.3 is 5.11 Å². The molecular formula is C16H19NO. The third-order valence-corrected chi connectivity index (χ3v) is 3.43. The Morgan fingerprint density at radius 3 is 2.22 bits per heavy atom. The maximum Gasteiger partial charge on any atom is 0.118 e. The number of hydrogen-bond acceptors (Lipinski definition) is 2. The van der Waals surface area contributed by atoms with Gasteiger partial charge >= 0.3 is 0 Å². The molecule has 0 fully saturated rings. The molecule has 0 saturated heterocycles. The molecule has 0 saturated carbocycles. The molecule has 2 nitrogen and oxygen atoms in total. The van der Waals surface area contributed by atoms with Crippen LogP contribution in [-0.4, -0.2) is 10.1 Å². The van der Waals surface area contributed by atoms with Crippen LogP contribution in [0.2, 0.25) is 0 Å². The predicted molar refractivity (Wildman–Crippen MR) is 73.3 cm³/mol. The third-order valence-electron chi connectivity index (χ3n) is 3.43. The highest BCUT2D eigenvalue weighted by molar-refractivity contribution is 5.36. The largest absolute Gasteiger partial charge is 0.380 e. The van der Waals surface area contributed by atoms with Crippen LogP contribution < -0.4 is 0 Å². The summed E-state index contributed by atoms with van der Waals surface area (Å²) in [6, 6.07) is 11.8. The van der Waals surface area contributed by atoms with Gasteiger partial charge in [0.2, 0.25) is 0 Å². The highest BCUT2D eigenvalue weighted by Gasteiger charge is 2.35. The van der Waals surface area contributed by atoms with Crippen LogP contribution in [0.5, 0.6) is 0 Å². The van der Waals surface area contributed by atoms with Crippen LogP contribution in [0, 0.1) is 12.8 Å². The molecule has 18 heavy (non-hydrogen) atoms. The normalized spacial score (nSPS) is 14.5. The first-order valence-electron chi connectivity index (χ1n) is 6.25. The van der Waals surface area contributed by atoms with Gasteiger partial charge in [0.15, 0.2) is 0 Å². The zero-order valence-electron chi connectivity index (χ0n) is 11.1. The van der Waals surface area contributed by atoms with Crippen molar-refractivity contribution in [2.24, 2.45) is 5.92 Å². The van der Waals surface area contributed by atoms with E-state index >= 15 is 0 Å². The lowest BCUT2D eigenvalue weighted by molar-refractivity contribution is 0.0314. The summed E-state index contributed by atoms with van der Waals surface area (Å²) in [6.07, 6.45) is 3.46. The van der Waals surface area contributed by atoms with Gasteiger partial charge in [-0.05, 0) is 24.5 Å². The van der Waals surface area contributed by atoms with Crippen LogP contribution in [0.3, 0.4) is 0 Å². The SMILES string of the molecule is Cc1ccc(C(O)(c2cccnc2)C(C)C)cc1. The van der Waals surface area contributed by atoms with Crippen LogP contribution in [0.15, 0.2) is 48.8 Å². The average molecular weight is 241 g/mol. The molecule has 94 valence electrons. The Labute approximate surface area is 108 Å². The molecule has 0 aliphatic heterocycles. The molecule has 1 atom stereocenters. The van der Waals surface area contributed by atoms with Crippen LogP contribution in [0.4, 0.5) is 0 Å². The van der Waals surface area contributed by atoms with Crippen molar-refractivity contribution in [1.29, 1.82) is 0 Å². The van der Waals surface area contributed by atoms with Gasteiger partial charge in [0.1, 0.15) is 5.60 Å². The number of pyridine rings is 1. The van der Waals surface area contributed by atoms with Gasteiger partial charge in [-0.25, -0.2) is 0 Å². The maximum atomic E-state index is 11.1. The first-order valence-corrected chi connectivity index (χ1v) is 6.25. The van der Waals surface area contributed by atoms with Crippen molar-refractivity contribution in [3.63, 3.8) is 0 Å². The summed E-state index contributed by atoms with van der Waals surface area (Å²) in [5, 5.41) is 11.1. The zero-order valence-corrected chi connectivity index (χ0v) is 11.1. The van der Waals surface area contributed by atoms with Crippen molar-refractivity contribution in [2.45, 2.75) is 26.4 Å². The van der Waals surface area contributed by atoms with E-state index in [4.69, 9.17) is 0 Å². The monoisotopic (exact) mass is 241 g/mol. The number of aliphatic hydroxyl groups is 1. The molecule has 1 aromatic carbocycles. The first-order chi connectivity index (χ1) is 8.55. The number of hydrogen-bond donors (Lipinski definition) is 1. The van der Waals surface area contributed by atoms with Crippen LogP contribution in [0.1, 0.15) is 30.5 Å². The van der Waals surface area contributed by atoms with Crippen molar-refractivity contribution in [3.05, 3.63) is 65.5 Å². The van der Waals surface area contributed by atoms with E-state index in [2.05, 4.69) is 4.98 Å². The van der Waals surface area contributed by atoms with Crippen LogP contribution in [0.25, 0.3) is 0 Å². The molecule has 2 aromatic rings. The predicted octanol–water partition coefficient (Wildman–Crippen LogP) is 3.28. The van der Waals surface area contributed by atoms with Crippen LogP contribution in [-0.2, 0) is 5.60 Å². The average Bonchev–Trinajstić information content (AvgIpc) is 2.39. The van der Waals surface area contributed by atoms with Gasteiger partial charge in [0.05, 0.1) is 0 Å². The molecular weight excluding hydrogens is 222 g/mol. The minimum Gasteiger partial charge on any atom is -0.380 e. The summed E-state index contributed by atoms with van der Waals surface area (Å²) >= 11 is 0. The van der Waals surface area contributed by atoms with E-state index < -0.39 is 5.60 Å². The van der Waals surface area contributed by atoms with Gasteiger partial charge in [0.25, 0.3) is 0 Å². The lowest BCUT2D eigenvalue weighted by Gasteiger charge is -2.33. The second kappa shape index (κ2) is 4.91. The Kier molecular flexibility index (Phi) is 3.48. The summed E-state index contributed by atoms with van der Waals surface area (Å²) < 4.78 is 0. The standard InChI is InChI=1S/C16H19NO/c1-12(2)16(18,15-5-4-10-17-11-15)14-8-6-13(3)7-9-14/h4-12,18H,1-3H3. The molecule has 1 unspecified atom stereocenters. The second-order valence-electron chi connectivity index (χ2n) is 5.03. The maximum absolute atomic E-state index is 11.1. The summed E-state index contributed by atoms with van der Waals surface area (Å²) in [5.74, 6) is 0.0735. The Hall–Kier alpha value is -1.67. The lowest BCUT2D eigenvalue weighted by Crippen LogP contribution is -2.33. The van der Waals surface area contributed by atoms with Crippen LogP contribution >= 0.6 is 0 Å². The lowest BCUT2D eigenvalue weighted by atomic mass is 9.78. The summed E-state index contributed by atoms with van der Waals surface area (Å²) in [4.78, 5) is 4.12. The molecule has 0 amide bonds. The molecule has 2 rings (SSSR count). The Balaban J connectivity index is 2.54. The van der Waals surface area contributed by atoms with Gasteiger partial charge in [-0.3, -0.25) is 4.98 Å². The van der Waals surface area contributed by atoms with Crippen molar-refractivity contribution in [2.75, 3.05) is 0 Å². The van der Waals surface area contributed by atoms with Crippen molar-refractivity contribution < 1.29 is 5.11 Å². The zero-order chi connectivity index (χ0) is 13.2. The van der Waals surface area contributed by atoms with Crippen molar-refractivity contribution >= 4 is 0 Å². The number of benzene rings is 1. The Bertz CT molecular complexity index is 504. The van der Waals surface area contributed by atoms with Gasteiger partial charge in [-0.2, -0.15) is 0 Å². The second-order valence-corrected chi connectivity index (χ2v) is 5.03. The van der Waals surface area contributed by atoms with Gasteiger partial charge in [-0.15, -0.1) is 0 Å². The molecule has 2 heteroatoms. The number of rotatable bonds is 3. The summed E-state index contributed by atoms with van der Waals surface area (Å²) in [7, 11) is 0. The molecule has 1 aromatic heterocycles. The Morgan fingerprint density at radius 2 is 1.72 bits per heavy atom. The molecule has 0 aliphatic carbocycles. The molecule has 1 heterocycles. The van der Waals surface area contributed by atoms with E-state index in [1.807, 2.05) is 57.2 Å². The van der Waals surface area contributed by atoms with Crippen molar-refractivity contribution in [3.8, 4) is 0 Å². The summed E-state index contributed by atoms with van der Waals surface area (Å²) in [5.41, 5.74) is 1.96. The Morgan fingerprint density at radius 1 is 1.06 bits per heavy atom. The van der Waals surface area contributed by atoms with E-state index in [1.54, 1.807) is 12.4 Å². The van der Waals surface area contributed by atoms with E-state index in [9.17, 15) is 5.11 Å². The van der Waals surface area contributed by atoms with E-state index in [0.717, 1.165) is 11.1 Å². The molecule has 0 aliphatic rings. The van der Waals surface area contributed by atoms with E-state index in [-0.39, 0.29) is 5.92 Å². The first kappa shape index (κ1) is 12.8. The number of nitrogens with zero attached hydrogens (tertiary/aromatic N) is 1. The molecule has 0 radical (unpaired) electrons. The highest BCUT2D eigenvalue weighted by Crippen LogP contribution is 2.36. The fourth-order valence-electron chi connectivity index (χ4n) is 2.23. The minimum absolute atomic E-state index is 0.0735. The quantitative estimate of drug-likeness (QED) is 0.894. The smallest absolute Gasteiger partial charge is 0.118 e. The van der Waals surface area contributed by atoms with Gasteiger partial charge in [0, 0.05) is 18.0 Å². The summed E-state index contributed by atoms with van der Waals surface area (Å²) in [6.45, 7) is 6.09. The topological polar surface area (TPSA) is 33.1 Å². The van der Waals surface area contributed by atoms with E-state index in [1.165, 1.54) is 5.56 Å². The minimum atomic E-state index is -0.984. The fraction of sp³-hybridized carbons (Fsp3) is 0.312. The van der Waals surface area contributed by atoms with Gasteiger partial charge in [-0.1, -0.05) is 49.7 Å². The molecule has 0 spiro atoms. The molecule has 0 bridgehead atoms. The number of aromatic nitrogens is 1. The third kappa shape index (κ3) is 2.16. The number of aryl methyl sites for hydroxylation is 1.